The van der Waals surface area contributed by atoms with E-state index in [1.54, 1.807) is 18.6 Å². The molecule has 1 aliphatic heterocycles. The van der Waals surface area contributed by atoms with Gasteiger partial charge < -0.3 is 10.2 Å². The molecule has 0 bridgehead atoms. The average molecular weight is 382 g/mol. The van der Waals surface area contributed by atoms with E-state index in [9.17, 15) is 4.79 Å². The molecule has 7 heteroatoms. The molecule has 0 aliphatic carbocycles. The maximum atomic E-state index is 12.7. The van der Waals surface area contributed by atoms with E-state index in [2.05, 4.69) is 25.2 Å². The highest BCUT2D eigenvalue weighted by atomic mass is 35.5. The first-order chi connectivity index (χ1) is 13.2. The molecule has 1 N–H and O–H groups in total. The van der Waals surface area contributed by atoms with Gasteiger partial charge in [0.15, 0.2) is 5.65 Å². The molecule has 1 atom stereocenters. The zero-order chi connectivity index (χ0) is 18.6. The van der Waals surface area contributed by atoms with Crippen LogP contribution in [0.2, 0.25) is 5.02 Å². The third-order valence-electron chi connectivity index (χ3n) is 4.88. The van der Waals surface area contributed by atoms with Crippen molar-refractivity contribution in [3.8, 4) is 0 Å². The Morgan fingerprint density at radius 2 is 2.07 bits per heavy atom. The minimum atomic E-state index is -0.0567. The highest BCUT2D eigenvalue weighted by molar-refractivity contribution is 6.31. The summed E-state index contributed by atoms with van der Waals surface area (Å²) < 4.78 is 0. The van der Waals surface area contributed by atoms with Crippen LogP contribution in [-0.4, -0.2) is 33.9 Å². The molecule has 2 aromatic heterocycles. The van der Waals surface area contributed by atoms with Crippen molar-refractivity contribution in [3.63, 3.8) is 0 Å². The van der Waals surface area contributed by atoms with Crippen molar-refractivity contribution in [2.75, 3.05) is 18.0 Å². The molecule has 0 radical (unpaired) electrons. The number of rotatable bonds is 4. The Morgan fingerprint density at radius 3 is 2.96 bits per heavy atom. The number of fused-ring (bicyclic) bond motifs is 1. The number of nitrogens with one attached hydrogen (secondary N) is 1. The van der Waals surface area contributed by atoms with Crippen LogP contribution in [0.5, 0.6) is 0 Å². The number of carbonyl (C=O) groups is 1. The first kappa shape index (κ1) is 17.7. The number of amides is 1. The Hall–Kier alpha value is -2.73. The van der Waals surface area contributed by atoms with E-state index in [0.29, 0.717) is 23.8 Å². The highest BCUT2D eigenvalue weighted by Crippen LogP contribution is 2.24. The molecule has 1 fully saturated rings. The van der Waals surface area contributed by atoms with Crippen LogP contribution < -0.4 is 10.2 Å². The molecule has 1 amide bonds. The summed E-state index contributed by atoms with van der Waals surface area (Å²) in [5.74, 6) is 0.00644. The Labute approximate surface area is 162 Å². The standard InChI is InChI=1S/C20H20ClN5O/c21-17-6-2-1-4-14(17)11-25-20(27)15-5-3-9-26(13-15)16-10-18-19(24-12-16)23-8-7-22-18/h1-2,4,6-8,10,12,15H,3,5,9,11,13H2,(H,25,27). The average Bonchev–Trinajstić information content (AvgIpc) is 2.72. The smallest absolute Gasteiger partial charge is 0.225 e. The van der Waals surface area contributed by atoms with Crippen molar-refractivity contribution in [2.24, 2.45) is 5.92 Å². The summed E-state index contributed by atoms with van der Waals surface area (Å²) in [5, 5.41) is 3.70. The third kappa shape index (κ3) is 4.01. The van der Waals surface area contributed by atoms with Crippen molar-refractivity contribution in [2.45, 2.75) is 19.4 Å². The van der Waals surface area contributed by atoms with Gasteiger partial charge in [-0.1, -0.05) is 29.8 Å². The third-order valence-corrected chi connectivity index (χ3v) is 5.25. The largest absolute Gasteiger partial charge is 0.369 e. The number of pyridine rings is 1. The zero-order valence-corrected chi connectivity index (χ0v) is 15.6. The van der Waals surface area contributed by atoms with Crippen LogP contribution in [0.1, 0.15) is 18.4 Å². The molecule has 1 unspecified atom stereocenters. The molecule has 1 saturated heterocycles. The van der Waals surface area contributed by atoms with Gasteiger partial charge >= 0.3 is 0 Å². The molecule has 4 rings (SSSR count). The topological polar surface area (TPSA) is 71.0 Å². The van der Waals surface area contributed by atoms with Crippen LogP contribution in [-0.2, 0) is 11.3 Å². The quantitative estimate of drug-likeness (QED) is 0.751. The molecular weight excluding hydrogens is 362 g/mol. The summed E-state index contributed by atoms with van der Waals surface area (Å²) in [4.78, 5) is 27.8. The number of hydrogen-bond acceptors (Lipinski definition) is 5. The van der Waals surface area contributed by atoms with Gasteiger partial charge in [0.1, 0.15) is 5.52 Å². The highest BCUT2D eigenvalue weighted by Gasteiger charge is 2.26. The van der Waals surface area contributed by atoms with E-state index in [-0.39, 0.29) is 11.8 Å². The number of hydrogen-bond donors (Lipinski definition) is 1. The lowest BCUT2D eigenvalue weighted by molar-refractivity contribution is -0.125. The Morgan fingerprint density at radius 1 is 1.22 bits per heavy atom. The Bertz CT molecular complexity index is 964. The summed E-state index contributed by atoms with van der Waals surface area (Å²) in [6.45, 7) is 2.02. The molecule has 3 heterocycles. The van der Waals surface area contributed by atoms with Crippen LogP contribution in [0.25, 0.3) is 11.2 Å². The van der Waals surface area contributed by atoms with Crippen LogP contribution in [0.4, 0.5) is 5.69 Å². The zero-order valence-electron chi connectivity index (χ0n) is 14.8. The minimum Gasteiger partial charge on any atom is -0.369 e. The maximum Gasteiger partial charge on any atom is 0.225 e. The van der Waals surface area contributed by atoms with Gasteiger partial charge in [0.25, 0.3) is 0 Å². The fraction of sp³-hybridized carbons (Fsp3) is 0.300. The fourth-order valence-corrected chi connectivity index (χ4v) is 3.62. The Kier molecular flexibility index (Phi) is 5.16. The number of anilines is 1. The molecule has 0 spiro atoms. The minimum absolute atomic E-state index is 0.0567. The Balaban J connectivity index is 1.42. The van der Waals surface area contributed by atoms with E-state index in [0.717, 1.165) is 36.2 Å². The molecule has 1 aliphatic rings. The number of aromatic nitrogens is 3. The van der Waals surface area contributed by atoms with Crippen molar-refractivity contribution in [3.05, 3.63) is 59.5 Å². The van der Waals surface area contributed by atoms with Crippen LogP contribution in [0.3, 0.4) is 0 Å². The summed E-state index contributed by atoms with van der Waals surface area (Å²) in [7, 11) is 0. The summed E-state index contributed by atoms with van der Waals surface area (Å²) >= 11 is 6.17. The SMILES string of the molecule is O=C(NCc1ccccc1Cl)C1CCCN(c2cnc3nccnc3c2)C1. The van der Waals surface area contributed by atoms with Gasteiger partial charge in [-0.15, -0.1) is 0 Å². The van der Waals surface area contributed by atoms with E-state index in [1.165, 1.54) is 0 Å². The van der Waals surface area contributed by atoms with E-state index < -0.39 is 0 Å². The molecule has 27 heavy (non-hydrogen) atoms. The first-order valence-electron chi connectivity index (χ1n) is 9.03. The van der Waals surface area contributed by atoms with E-state index in [4.69, 9.17) is 11.6 Å². The van der Waals surface area contributed by atoms with Crippen molar-refractivity contribution >= 4 is 34.4 Å². The number of nitrogens with zero attached hydrogens (tertiary/aromatic N) is 4. The van der Waals surface area contributed by atoms with E-state index in [1.807, 2.05) is 30.3 Å². The van der Waals surface area contributed by atoms with Gasteiger partial charge in [0, 0.05) is 37.1 Å². The van der Waals surface area contributed by atoms with Crippen LogP contribution in [0, 0.1) is 5.92 Å². The normalized spacial score (nSPS) is 17.1. The van der Waals surface area contributed by atoms with Gasteiger partial charge in [0.2, 0.25) is 5.91 Å². The lowest BCUT2D eigenvalue weighted by atomic mass is 9.96. The predicted molar refractivity (Wildman–Crippen MR) is 106 cm³/mol. The van der Waals surface area contributed by atoms with Crippen molar-refractivity contribution < 1.29 is 4.79 Å². The van der Waals surface area contributed by atoms with Crippen molar-refractivity contribution in [1.82, 2.24) is 20.3 Å². The lowest BCUT2D eigenvalue weighted by Crippen LogP contribution is -2.43. The predicted octanol–water partition coefficient (Wildman–Crippen LogP) is 3.21. The van der Waals surface area contributed by atoms with Gasteiger partial charge in [0.05, 0.1) is 17.8 Å². The second-order valence-electron chi connectivity index (χ2n) is 6.69. The van der Waals surface area contributed by atoms with Crippen LogP contribution in [0.15, 0.2) is 48.9 Å². The molecule has 3 aromatic rings. The molecule has 138 valence electrons. The molecular formula is C20H20ClN5O. The lowest BCUT2D eigenvalue weighted by Gasteiger charge is -2.33. The monoisotopic (exact) mass is 381 g/mol. The second-order valence-corrected chi connectivity index (χ2v) is 7.09. The molecule has 0 saturated carbocycles. The summed E-state index contributed by atoms with van der Waals surface area (Å²) in [6, 6.07) is 9.55. The van der Waals surface area contributed by atoms with Gasteiger partial charge in [-0.05, 0) is 30.5 Å². The number of carbonyl (C=O) groups excluding carboxylic acids is 1. The van der Waals surface area contributed by atoms with Crippen LogP contribution >= 0.6 is 11.6 Å². The molecule has 1 aromatic carbocycles. The first-order valence-corrected chi connectivity index (χ1v) is 9.41. The fourth-order valence-electron chi connectivity index (χ4n) is 3.41. The van der Waals surface area contributed by atoms with Gasteiger partial charge in [-0.2, -0.15) is 0 Å². The second kappa shape index (κ2) is 7.88. The molecule has 6 nitrogen and oxygen atoms in total. The van der Waals surface area contributed by atoms with Crippen molar-refractivity contribution in [1.29, 1.82) is 0 Å². The summed E-state index contributed by atoms with van der Waals surface area (Å²) in [6.07, 6.45) is 6.94. The number of halogens is 1. The summed E-state index contributed by atoms with van der Waals surface area (Å²) in [5.41, 5.74) is 3.30. The van der Waals surface area contributed by atoms with E-state index >= 15 is 0 Å². The van der Waals surface area contributed by atoms with Gasteiger partial charge in [-0.25, -0.2) is 9.97 Å². The van der Waals surface area contributed by atoms with Gasteiger partial charge in [-0.3, -0.25) is 9.78 Å². The number of piperidine rings is 1. The maximum absolute atomic E-state index is 12.7. The number of benzene rings is 1.